The van der Waals surface area contributed by atoms with Crippen LogP contribution >= 0.6 is 0 Å². The molecule has 0 aliphatic heterocycles. The molecule has 0 radical (unpaired) electrons. The molecule has 14 heavy (non-hydrogen) atoms. The van der Waals surface area contributed by atoms with E-state index >= 15 is 0 Å². The van der Waals surface area contributed by atoms with Gasteiger partial charge in [0, 0.05) is 17.3 Å². The van der Waals surface area contributed by atoms with Crippen molar-refractivity contribution in [1.82, 2.24) is 0 Å². The van der Waals surface area contributed by atoms with E-state index in [9.17, 15) is 0 Å². The zero-order chi connectivity index (χ0) is 9.97. The molecule has 74 valence electrons. The van der Waals surface area contributed by atoms with E-state index in [4.69, 9.17) is 11.5 Å². The van der Waals surface area contributed by atoms with Crippen molar-refractivity contribution in [2.45, 2.75) is 19.3 Å². The Morgan fingerprint density at radius 2 is 2.00 bits per heavy atom. The largest absolute Gasteiger partial charge is 0.402 e. The summed E-state index contributed by atoms with van der Waals surface area (Å²) in [7, 11) is 0. The van der Waals surface area contributed by atoms with Crippen LogP contribution < -0.4 is 11.5 Å². The highest BCUT2D eigenvalue weighted by molar-refractivity contribution is 5.31. The lowest BCUT2D eigenvalue weighted by Gasteiger charge is -2.20. The molecule has 4 N–H and O–H groups in total. The zero-order valence-corrected chi connectivity index (χ0v) is 8.24. The number of rotatable bonds is 1. The third kappa shape index (κ3) is 1.90. The number of allylic oxidation sites excluding steroid dienone is 7. The summed E-state index contributed by atoms with van der Waals surface area (Å²) >= 11 is 0. The van der Waals surface area contributed by atoms with Crippen LogP contribution in [0.3, 0.4) is 0 Å². The molecule has 0 saturated carbocycles. The summed E-state index contributed by atoms with van der Waals surface area (Å²) in [5.41, 5.74) is 14.7. The van der Waals surface area contributed by atoms with E-state index < -0.39 is 0 Å². The Morgan fingerprint density at radius 3 is 2.57 bits per heavy atom. The molecule has 2 rings (SSSR count). The summed E-state index contributed by atoms with van der Waals surface area (Å²) in [5.74, 6) is 0.534. The van der Waals surface area contributed by atoms with Crippen molar-refractivity contribution in [3.8, 4) is 0 Å². The first-order chi connectivity index (χ1) is 6.75. The maximum absolute atomic E-state index is 5.72. The molecule has 0 bridgehead atoms. The summed E-state index contributed by atoms with van der Waals surface area (Å²) in [4.78, 5) is 0. The van der Waals surface area contributed by atoms with Crippen molar-refractivity contribution in [1.29, 1.82) is 0 Å². The van der Waals surface area contributed by atoms with Crippen LogP contribution in [-0.4, -0.2) is 0 Å². The maximum Gasteiger partial charge on any atom is 0.0270 e. The topological polar surface area (TPSA) is 52.0 Å². The van der Waals surface area contributed by atoms with Crippen LogP contribution in [0.25, 0.3) is 0 Å². The molecule has 1 unspecified atom stereocenters. The summed E-state index contributed by atoms with van der Waals surface area (Å²) in [6.07, 6.45) is 13.6. The fourth-order valence-corrected chi connectivity index (χ4v) is 1.89. The molecule has 0 heterocycles. The molecule has 0 fully saturated rings. The van der Waals surface area contributed by atoms with Crippen molar-refractivity contribution in [3.63, 3.8) is 0 Å². The summed E-state index contributed by atoms with van der Waals surface area (Å²) in [5, 5.41) is 0. The van der Waals surface area contributed by atoms with Gasteiger partial charge in [-0.2, -0.15) is 0 Å². The lowest BCUT2D eigenvalue weighted by Crippen LogP contribution is -2.10. The van der Waals surface area contributed by atoms with E-state index in [1.807, 2.05) is 12.2 Å². The van der Waals surface area contributed by atoms with Gasteiger partial charge in [-0.1, -0.05) is 23.8 Å². The minimum atomic E-state index is 0.534. The molecular formula is C12H16N2. The molecule has 0 aromatic heterocycles. The molecule has 0 amide bonds. The van der Waals surface area contributed by atoms with Gasteiger partial charge >= 0.3 is 0 Å². The molecule has 2 nitrogen and oxygen atoms in total. The zero-order valence-electron chi connectivity index (χ0n) is 8.24. The van der Waals surface area contributed by atoms with Crippen LogP contribution in [0, 0.1) is 5.92 Å². The smallest absolute Gasteiger partial charge is 0.0270 e. The molecule has 0 aromatic rings. The molecular weight excluding hydrogens is 172 g/mol. The highest BCUT2D eigenvalue weighted by Gasteiger charge is 2.14. The van der Waals surface area contributed by atoms with Crippen LogP contribution in [0.2, 0.25) is 0 Å². The Hall–Kier alpha value is -1.44. The molecule has 0 aromatic carbocycles. The Bertz CT molecular complexity index is 345. The molecule has 2 aliphatic rings. The number of nitrogens with two attached hydrogens (primary N) is 2. The SMILES string of the molecule is NC1=CCC(C2=CC=C(N)CC2)C=C1. The van der Waals surface area contributed by atoms with Gasteiger partial charge in [0.05, 0.1) is 0 Å². The maximum atomic E-state index is 5.72. The lowest BCUT2D eigenvalue weighted by atomic mass is 9.86. The van der Waals surface area contributed by atoms with Crippen LogP contribution in [0.4, 0.5) is 0 Å². The van der Waals surface area contributed by atoms with Gasteiger partial charge in [-0.15, -0.1) is 0 Å². The van der Waals surface area contributed by atoms with Crippen molar-refractivity contribution < 1.29 is 0 Å². The van der Waals surface area contributed by atoms with E-state index in [2.05, 4.69) is 18.2 Å². The molecule has 2 aliphatic carbocycles. The normalized spacial score (nSPS) is 26.6. The van der Waals surface area contributed by atoms with E-state index in [0.29, 0.717) is 5.92 Å². The number of hydrogen-bond donors (Lipinski definition) is 2. The highest BCUT2D eigenvalue weighted by atomic mass is 14.6. The molecule has 1 atom stereocenters. The molecule has 0 saturated heterocycles. The first-order valence-corrected chi connectivity index (χ1v) is 5.04. The molecule has 0 spiro atoms. The van der Waals surface area contributed by atoms with Gasteiger partial charge in [-0.3, -0.25) is 0 Å². The quantitative estimate of drug-likeness (QED) is 0.661. The summed E-state index contributed by atoms with van der Waals surface area (Å²) < 4.78 is 0. The minimum Gasteiger partial charge on any atom is -0.402 e. The first-order valence-electron chi connectivity index (χ1n) is 5.04. The van der Waals surface area contributed by atoms with Crippen molar-refractivity contribution in [3.05, 3.63) is 47.3 Å². The predicted octanol–water partition coefficient (Wildman–Crippen LogP) is 1.97. The van der Waals surface area contributed by atoms with E-state index in [-0.39, 0.29) is 0 Å². The van der Waals surface area contributed by atoms with Crippen LogP contribution in [0.5, 0.6) is 0 Å². The predicted molar refractivity (Wildman–Crippen MR) is 59.1 cm³/mol. The average Bonchev–Trinajstić information content (AvgIpc) is 2.21. The Balaban J connectivity index is 2.08. The van der Waals surface area contributed by atoms with Crippen LogP contribution in [-0.2, 0) is 0 Å². The Labute approximate surface area is 84.7 Å². The van der Waals surface area contributed by atoms with E-state index in [1.54, 1.807) is 0 Å². The third-order valence-corrected chi connectivity index (χ3v) is 2.82. The van der Waals surface area contributed by atoms with Gasteiger partial charge in [0.1, 0.15) is 0 Å². The fraction of sp³-hybridized carbons (Fsp3) is 0.333. The third-order valence-electron chi connectivity index (χ3n) is 2.82. The standard InChI is InChI=1S/C12H16N2/c13-11-5-1-9(2-6-11)10-3-7-12(14)8-4-10/h1,3,5-7,9H,2,4,8,13-14H2. The van der Waals surface area contributed by atoms with Crippen molar-refractivity contribution >= 4 is 0 Å². The molecule has 2 heteroatoms. The summed E-state index contributed by atoms with van der Waals surface area (Å²) in [6.45, 7) is 0. The van der Waals surface area contributed by atoms with Crippen molar-refractivity contribution in [2.24, 2.45) is 17.4 Å². The summed E-state index contributed by atoms with van der Waals surface area (Å²) in [6, 6.07) is 0. The van der Waals surface area contributed by atoms with Crippen LogP contribution in [0.1, 0.15) is 19.3 Å². The average molecular weight is 188 g/mol. The van der Waals surface area contributed by atoms with E-state index in [0.717, 1.165) is 30.7 Å². The number of hydrogen-bond acceptors (Lipinski definition) is 2. The van der Waals surface area contributed by atoms with Crippen LogP contribution in [0.15, 0.2) is 47.3 Å². The first kappa shape index (κ1) is 9.13. The van der Waals surface area contributed by atoms with Gasteiger partial charge in [-0.25, -0.2) is 0 Å². The minimum absolute atomic E-state index is 0.534. The monoisotopic (exact) mass is 188 g/mol. The Kier molecular flexibility index (Phi) is 2.44. The van der Waals surface area contributed by atoms with Crippen molar-refractivity contribution in [2.75, 3.05) is 0 Å². The van der Waals surface area contributed by atoms with Gasteiger partial charge in [0.2, 0.25) is 0 Å². The van der Waals surface area contributed by atoms with E-state index in [1.165, 1.54) is 5.57 Å². The van der Waals surface area contributed by atoms with Gasteiger partial charge in [0.25, 0.3) is 0 Å². The Morgan fingerprint density at radius 1 is 1.14 bits per heavy atom. The van der Waals surface area contributed by atoms with Gasteiger partial charge in [-0.05, 0) is 31.4 Å². The van der Waals surface area contributed by atoms with Gasteiger partial charge in [0.15, 0.2) is 0 Å². The second-order valence-corrected chi connectivity index (χ2v) is 3.89. The lowest BCUT2D eigenvalue weighted by molar-refractivity contribution is 0.696. The second-order valence-electron chi connectivity index (χ2n) is 3.89. The fourth-order valence-electron chi connectivity index (χ4n) is 1.89. The second kappa shape index (κ2) is 3.74. The highest BCUT2D eigenvalue weighted by Crippen LogP contribution is 2.28. The van der Waals surface area contributed by atoms with Gasteiger partial charge < -0.3 is 11.5 Å².